The molecule has 4 rings (SSSR count). The van der Waals surface area contributed by atoms with Gasteiger partial charge < -0.3 is 10.1 Å². The van der Waals surface area contributed by atoms with E-state index in [1.54, 1.807) is 66.9 Å². The summed E-state index contributed by atoms with van der Waals surface area (Å²) in [4.78, 5) is 24.8. The van der Waals surface area contributed by atoms with Gasteiger partial charge in [-0.25, -0.2) is 4.79 Å². The van der Waals surface area contributed by atoms with Gasteiger partial charge in [0.15, 0.2) is 0 Å². The highest BCUT2D eigenvalue weighted by molar-refractivity contribution is 7.92. The quantitative estimate of drug-likeness (QED) is 0.544. The molecule has 1 aliphatic rings. The molecule has 0 fully saturated rings. The molecule has 0 radical (unpaired) electrons. The largest absolute Gasteiger partial charge is 0.462 e. The standard InChI is InChI=1S/C23H18N2O5S2/c1-2-30-23(27)15-9-11-16(12-10-15)24-20-14-19(17-6-3-4-7-18(17)22(20)26)25-32(28,29)21-8-5-13-31-21/h3-14,24H,2H2,1H3/b25-19+. The van der Waals surface area contributed by atoms with E-state index in [9.17, 15) is 18.0 Å². The van der Waals surface area contributed by atoms with Crippen LogP contribution in [-0.4, -0.2) is 32.5 Å². The summed E-state index contributed by atoms with van der Waals surface area (Å²) in [6.07, 6.45) is 1.43. The van der Waals surface area contributed by atoms with E-state index >= 15 is 0 Å². The van der Waals surface area contributed by atoms with Gasteiger partial charge in [0.1, 0.15) is 4.21 Å². The average molecular weight is 467 g/mol. The normalized spacial score (nSPS) is 14.6. The molecule has 1 heterocycles. The lowest BCUT2D eigenvalue weighted by molar-refractivity contribution is 0.0526. The number of thiophene rings is 1. The zero-order valence-corrected chi connectivity index (χ0v) is 18.6. The van der Waals surface area contributed by atoms with Gasteiger partial charge in [-0.3, -0.25) is 4.79 Å². The van der Waals surface area contributed by atoms with Crippen LogP contribution < -0.4 is 5.32 Å². The number of fused-ring (bicyclic) bond motifs is 1. The van der Waals surface area contributed by atoms with Crippen LogP contribution in [0.5, 0.6) is 0 Å². The van der Waals surface area contributed by atoms with Crippen molar-refractivity contribution in [2.24, 2.45) is 4.40 Å². The SMILES string of the molecule is CCOC(=O)c1ccc(NC2=C/C(=N\S(=O)(=O)c3cccs3)c3ccccc3C2=O)cc1. The molecule has 1 aromatic heterocycles. The predicted molar refractivity (Wildman–Crippen MR) is 123 cm³/mol. The number of ketones is 1. The van der Waals surface area contributed by atoms with Gasteiger partial charge in [-0.1, -0.05) is 30.3 Å². The molecule has 0 bridgehead atoms. The van der Waals surface area contributed by atoms with Gasteiger partial charge in [-0.15, -0.1) is 11.3 Å². The molecule has 0 atom stereocenters. The number of nitrogens with zero attached hydrogens (tertiary/aromatic N) is 1. The molecule has 9 heteroatoms. The second-order valence-electron chi connectivity index (χ2n) is 6.74. The van der Waals surface area contributed by atoms with Gasteiger partial charge in [0.25, 0.3) is 10.0 Å². The Balaban J connectivity index is 1.70. The number of allylic oxidation sites excluding steroid dienone is 2. The number of rotatable bonds is 6. The van der Waals surface area contributed by atoms with E-state index in [4.69, 9.17) is 4.74 Å². The third-order valence-electron chi connectivity index (χ3n) is 4.62. The highest BCUT2D eigenvalue weighted by Crippen LogP contribution is 2.26. The number of hydrogen-bond acceptors (Lipinski definition) is 7. The number of carbonyl (C=O) groups is 2. The Kier molecular flexibility index (Phi) is 6.02. The Bertz CT molecular complexity index is 1340. The average Bonchev–Trinajstić information content (AvgIpc) is 3.34. The molecule has 1 aliphatic carbocycles. The minimum absolute atomic E-state index is 0.122. The van der Waals surface area contributed by atoms with Crippen molar-refractivity contribution in [1.82, 2.24) is 0 Å². The summed E-state index contributed by atoms with van der Waals surface area (Å²) in [5.74, 6) is -0.725. The van der Waals surface area contributed by atoms with Crippen LogP contribution in [0, 0.1) is 0 Å². The van der Waals surface area contributed by atoms with Gasteiger partial charge in [0.05, 0.1) is 23.6 Å². The molecule has 0 aliphatic heterocycles. The van der Waals surface area contributed by atoms with E-state index in [1.165, 1.54) is 12.1 Å². The molecule has 0 amide bonds. The molecule has 0 unspecified atom stereocenters. The van der Waals surface area contributed by atoms with Gasteiger partial charge in [-0.2, -0.15) is 12.8 Å². The number of hydrogen-bond donors (Lipinski definition) is 1. The van der Waals surface area contributed by atoms with Crippen molar-refractivity contribution in [3.63, 3.8) is 0 Å². The fourth-order valence-corrected chi connectivity index (χ4v) is 5.11. The number of Topliss-reactive ketones (excluding diaryl/α,β-unsaturated/α-hetero) is 1. The summed E-state index contributed by atoms with van der Waals surface area (Å²) >= 11 is 1.07. The van der Waals surface area contributed by atoms with Crippen LogP contribution in [0.3, 0.4) is 0 Å². The van der Waals surface area contributed by atoms with Crippen molar-refractivity contribution in [3.8, 4) is 0 Å². The van der Waals surface area contributed by atoms with Crippen LogP contribution in [0.15, 0.2) is 86.4 Å². The van der Waals surface area contributed by atoms with E-state index < -0.39 is 16.0 Å². The van der Waals surface area contributed by atoms with Crippen LogP contribution in [0.25, 0.3) is 0 Å². The van der Waals surface area contributed by atoms with Crippen molar-refractivity contribution in [2.75, 3.05) is 11.9 Å². The van der Waals surface area contributed by atoms with E-state index in [0.717, 1.165) is 11.3 Å². The highest BCUT2D eigenvalue weighted by Gasteiger charge is 2.26. The van der Waals surface area contributed by atoms with Gasteiger partial charge in [-0.05, 0) is 48.7 Å². The Morgan fingerprint density at radius 2 is 1.75 bits per heavy atom. The summed E-state index contributed by atoms with van der Waals surface area (Å²) < 4.78 is 34.5. The van der Waals surface area contributed by atoms with E-state index in [1.807, 2.05) is 0 Å². The smallest absolute Gasteiger partial charge is 0.338 e. The molecular weight excluding hydrogens is 448 g/mol. The Labute approximate surface area is 189 Å². The molecule has 0 saturated carbocycles. The van der Waals surface area contributed by atoms with E-state index in [0.29, 0.717) is 22.4 Å². The first-order valence-corrected chi connectivity index (χ1v) is 12.0. The first-order valence-electron chi connectivity index (χ1n) is 9.67. The first kappa shape index (κ1) is 21.7. The number of ether oxygens (including phenoxy) is 1. The second kappa shape index (κ2) is 8.89. The second-order valence-corrected chi connectivity index (χ2v) is 9.52. The van der Waals surface area contributed by atoms with E-state index in [-0.39, 0.29) is 28.0 Å². The third kappa shape index (κ3) is 4.39. The molecule has 2 aromatic carbocycles. The molecule has 32 heavy (non-hydrogen) atoms. The lowest BCUT2D eigenvalue weighted by Crippen LogP contribution is -2.22. The fraction of sp³-hybridized carbons (Fsp3) is 0.0870. The first-order chi connectivity index (χ1) is 15.4. The summed E-state index contributed by atoms with van der Waals surface area (Å²) in [6, 6.07) is 16.3. The van der Waals surface area contributed by atoms with Crippen LogP contribution in [0.2, 0.25) is 0 Å². The lowest BCUT2D eigenvalue weighted by Gasteiger charge is -2.18. The van der Waals surface area contributed by atoms with Gasteiger partial charge in [0, 0.05) is 16.8 Å². The van der Waals surface area contributed by atoms with Crippen molar-refractivity contribution in [2.45, 2.75) is 11.1 Å². The summed E-state index contributed by atoms with van der Waals surface area (Å²) in [7, 11) is -3.92. The molecule has 3 aromatic rings. The molecule has 1 N–H and O–H groups in total. The molecular formula is C23H18N2O5S2. The highest BCUT2D eigenvalue weighted by atomic mass is 32.2. The van der Waals surface area contributed by atoms with Gasteiger partial charge >= 0.3 is 5.97 Å². The summed E-state index contributed by atoms with van der Waals surface area (Å²) in [6.45, 7) is 2.00. The number of anilines is 1. The Morgan fingerprint density at radius 1 is 1.03 bits per heavy atom. The molecule has 7 nitrogen and oxygen atoms in total. The minimum Gasteiger partial charge on any atom is -0.462 e. The number of sulfonamides is 1. The maximum absolute atomic E-state index is 13.0. The zero-order valence-electron chi connectivity index (χ0n) is 16.9. The monoisotopic (exact) mass is 466 g/mol. The molecule has 0 spiro atoms. The maximum atomic E-state index is 13.0. The maximum Gasteiger partial charge on any atom is 0.338 e. The van der Waals surface area contributed by atoms with Crippen LogP contribution >= 0.6 is 11.3 Å². The van der Waals surface area contributed by atoms with Crippen LogP contribution in [0.4, 0.5) is 5.69 Å². The lowest BCUT2D eigenvalue weighted by atomic mass is 9.92. The number of carbonyl (C=O) groups excluding carboxylic acids is 2. The van der Waals surface area contributed by atoms with Crippen LogP contribution in [-0.2, 0) is 14.8 Å². The number of benzene rings is 2. The molecule has 162 valence electrons. The van der Waals surface area contributed by atoms with E-state index in [2.05, 4.69) is 9.71 Å². The van der Waals surface area contributed by atoms with Crippen molar-refractivity contribution in [3.05, 3.63) is 94.5 Å². The summed E-state index contributed by atoms with van der Waals surface area (Å²) in [5.41, 5.74) is 2.07. The van der Waals surface area contributed by atoms with Gasteiger partial charge in [0.2, 0.25) is 5.78 Å². The minimum atomic E-state index is -3.92. The number of esters is 1. The third-order valence-corrected chi connectivity index (χ3v) is 7.28. The molecule has 0 saturated heterocycles. The summed E-state index contributed by atoms with van der Waals surface area (Å²) in [5, 5.41) is 4.67. The van der Waals surface area contributed by atoms with Crippen LogP contribution in [0.1, 0.15) is 33.2 Å². The van der Waals surface area contributed by atoms with Crippen molar-refractivity contribution in [1.29, 1.82) is 0 Å². The topological polar surface area (TPSA) is 102 Å². The Morgan fingerprint density at radius 3 is 2.41 bits per heavy atom. The van der Waals surface area contributed by atoms with Crippen molar-refractivity contribution < 1.29 is 22.7 Å². The van der Waals surface area contributed by atoms with Crippen molar-refractivity contribution >= 4 is 44.5 Å². The fourth-order valence-electron chi connectivity index (χ4n) is 3.14. The number of nitrogens with one attached hydrogen (secondary N) is 1. The Hall–Kier alpha value is -3.56. The predicted octanol–water partition coefficient (Wildman–Crippen LogP) is 4.30. The zero-order chi connectivity index (χ0) is 22.7.